The monoisotopic (exact) mass is 245 g/mol. The first-order valence-electron chi connectivity index (χ1n) is 5.20. The number of urea groups is 1. The number of carboxylic acids is 1. The first-order valence-corrected chi connectivity index (χ1v) is 5.20. The minimum atomic E-state index is -1.09. The van der Waals surface area contributed by atoms with Gasteiger partial charge in [0, 0.05) is 18.5 Å². The Hall–Kier alpha value is -1.79. The van der Waals surface area contributed by atoms with E-state index in [1.807, 2.05) is 0 Å². The zero-order valence-corrected chi connectivity index (χ0v) is 10.3. The fourth-order valence-electron chi connectivity index (χ4n) is 1.14. The second-order valence-corrected chi connectivity index (χ2v) is 4.60. The SMILES string of the molecule is CC(C)(C)N(CC(=O)O)C(=O)NCCC(N)=O. The third-order valence-electron chi connectivity index (χ3n) is 2.00. The number of carbonyl (C=O) groups excluding carboxylic acids is 2. The molecule has 0 saturated carbocycles. The number of amides is 3. The zero-order chi connectivity index (χ0) is 13.6. The van der Waals surface area contributed by atoms with Crippen molar-refractivity contribution in [1.29, 1.82) is 0 Å². The number of hydrogen-bond acceptors (Lipinski definition) is 3. The quantitative estimate of drug-likeness (QED) is 0.620. The van der Waals surface area contributed by atoms with E-state index in [2.05, 4.69) is 5.32 Å². The zero-order valence-electron chi connectivity index (χ0n) is 10.3. The normalized spacial score (nSPS) is 10.8. The number of primary amides is 1. The second-order valence-electron chi connectivity index (χ2n) is 4.60. The number of carbonyl (C=O) groups is 3. The third-order valence-corrected chi connectivity index (χ3v) is 2.00. The summed E-state index contributed by atoms with van der Waals surface area (Å²) in [6.45, 7) is 4.88. The number of carboxylic acid groups (broad SMARTS) is 1. The summed E-state index contributed by atoms with van der Waals surface area (Å²) in [5.74, 6) is -1.61. The topological polar surface area (TPSA) is 113 Å². The maximum Gasteiger partial charge on any atom is 0.323 e. The molecule has 0 aliphatic heterocycles. The summed E-state index contributed by atoms with van der Waals surface area (Å²) >= 11 is 0. The lowest BCUT2D eigenvalue weighted by Gasteiger charge is -2.34. The Morgan fingerprint density at radius 3 is 2.18 bits per heavy atom. The van der Waals surface area contributed by atoms with E-state index in [9.17, 15) is 14.4 Å². The average molecular weight is 245 g/mol. The lowest BCUT2D eigenvalue weighted by atomic mass is 10.1. The summed E-state index contributed by atoms with van der Waals surface area (Å²) < 4.78 is 0. The van der Waals surface area contributed by atoms with E-state index < -0.39 is 30.0 Å². The van der Waals surface area contributed by atoms with E-state index in [1.165, 1.54) is 4.90 Å². The molecule has 0 spiro atoms. The second kappa shape index (κ2) is 6.07. The number of aliphatic carboxylic acids is 1. The van der Waals surface area contributed by atoms with Crippen molar-refractivity contribution in [1.82, 2.24) is 10.2 Å². The van der Waals surface area contributed by atoms with Crippen LogP contribution < -0.4 is 11.1 Å². The lowest BCUT2D eigenvalue weighted by molar-refractivity contribution is -0.138. The van der Waals surface area contributed by atoms with Crippen molar-refractivity contribution in [3.05, 3.63) is 0 Å². The Balaban J connectivity index is 4.44. The smallest absolute Gasteiger partial charge is 0.323 e. The molecule has 0 aliphatic carbocycles. The fourth-order valence-corrected chi connectivity index (χ4v) is 1.14. The van der Waals surface area contributed by atoms with Gasteiger partial charge in [0.1, 0.15) is 6.54 Å². The van der Waals surface area contributed by atoms with Crippen LogP contribution in [0.2, 0.25) is 0 Å². The number of hydrogen-bond donors (Lipinski definition) is 3. The Morgan fingerprint density at radius 1 is 1.29 bits per heavy atom. The van der Waals surface area contributed by atoms with Gasteiger partial charge in [-0.1, -0.05) is 0 Å². The molecule has 3 amide bonds. The Kier molecular flexibility index (Phi) is 5.43. The largest absolute Gasteiger partial charge is 0.480 e. The fraction of sp³-hybridized carbons (Fsp3) is 0.700. The molecule has 0 radical (unpaired) electrons. The molecule has 7 nitrogen and oxygen atoms in total. The van der Waals surface area contributed by atoms with Crippen molar-refractivity contribution >= 4 is 17.9 Å². The van der Waals surface area contributed by atoms with E-state index in [4.69, 9.17) is 10.8 Å². The van der Waals surface area contributed by atoms with Gasteiger partial charge in [0.25, 0.3) is 0 Å². The summed E-state index contributed by atoms with van der Waals surface area (Å²) in [7, 11) is 0. The van der Waals surface area contributed by atoms with Crippen LogP contribution in [0, 0.1) is 0 Å². The van der Waals surface area contributed by atoms with Crippen LogP contribution in [-0.2, 0) is 9.59 Å². The van der Waals surface area contributed by atoms with Gasteiger partial charge < -0.3 is 21.1 Å². The molecule has 17 heavy (non-hydrogen) atoms. The molecule has 0 atom stereocenters. The molecule has 0 bridgehead atoms. The van der Waals surface area contributed by atoms with E-state index >= 15 is 0 Å². The van der Waals surface area contributed by atoms with Gasteiger partial charge in [0.15, 0.2) is 0 Å². The van der Waals surface area contributed by atoms with Crippen molar-refractivity contribution in [3.63, 3.8) is 0 Å². The summed E-state index contributed by atoms with van der Waals surface area (Å²) in [6.07, 6.45) is 0.0246. The summed E-state index contributed by atoms with van der Waals surface area (Å²) in [4.78, 5) is 34.0. The Labute approximate surface area is 100.0 Å². The van der Waals surface area contributed by atoms with Crippen LogP contribution in [0.25, 0.3) is 0 Å². The van der Waals surface area contributed by atoms with E-state index in [-0.39, 0.29) is 13.0 Å². The predicted octanol–water partition coefficient (Wildman–Crippen LogP) is -0.243. The first-order chi connectivity index (χ1) is 7.64. The van der Waals surface area contributed by atoms with Crippen LogP contribution in [-0.4, -0.2) is 46.5 Å². The summed E-state index contributed by atoms with van der Waals surface area (Å²) in [6, 6.07) is -0.527. The third kappa shape index (κ3) is 6.39. The van der Waals surface area contributed by atoms with Crippen molar-refractivity contribution in [2.75, 3.05) is 13.1 Å². The maximum absolute atomic E-state index is 11.7. The molecular weight excluding hydrogens is 226 g/mol. The molecule has 0 fully saturated rings. The lowest BCUT2D eigenvalue weighted by Crippen LogP contribution is -2.52. The van der Waals surface area contributed by atoms with Gasteiger partial charge >= 0.3 is 12.0 Å². The van der Waals surface area contributed by atoms with Crippen LogP contribution in [0.3, 0.4) is 0 Å². The molecule has 98 valence electrons. The predicted molar refractivity (Wildman–Crippen MR) is 61.3 cm³/mol. The summed E-state index contributed by atoms with van der Waals surface area (Å²) in [5.41, 5.74) is 4.31. The standard InChI is InChI=1S/C10H19N3O4/c1-10(2,3)13(6-8(15)16)9(17)12-5-4-7(11)14/h4-6H2,1-3H3,(H2,11,14)(H,12,17)(H,15,16). The molecule has 0 aromatic heterocycles. The van der Waals surface area contributed by atoms with Gasteiger partial charge in [-0.15, -0.1) is 0 Å². The highest BCUT2D eigenvalue weighted by Crippen LogP contribution is 2.12. The molecule has 0 rings (SSSR count). The highest BCUT2D eigenvalue weighted by atomic mass is 16.4. The van der Waals surface area contributed by atoms with Crippen molar-refractivity contribution in [2.24, 2.45) is 5.73 Å². The van der Waals surface area contributed by atoms with E-state index in [0.717, 1.165) is 0 Å². The van der Waals surface area contributed by atoms with Crippen molar-refractivity contribution in [3.8, 4) is 0 Å². The van der Waals surface area contributed by atoms with Gasteiger partial charge in [-0.05, 0) is 20.8 Å². The van der Waals surface area contributed by atoms with Crippen LogP contribution in [0.4, 0.5) is 4.79 Å². The number of nitrogens with one attached hydrogen (secondary N) is 1. The highest BCUT2D eigenvalue weighted by molar-refractivity contribution is 5.81. The Bertz CT molecular complexity index is 309. The molecule has 0 saturated heterocycles. The van der Waals surface area contributed by atoms with E-state index in [0.29, 0.717) is 0 Å². The maximum atomic E-state index is 11.7. The molecular formula is C10H19N3O4. The average Bonchev–Trinajstić information content (AvgIpc) is 2.11. The molecule has 0 heterocycles. The number of nitrogens with zero attached hydrogens (tertiary/aromatic N) is 1. The molecule has 0 unspecified atom stereocenters. The molecule has 0 aliphatic rings. The van der Waals surface area contributed by atoms with Gasteiger partial charge in [0.05, 0.1) is 0 Å². The van der Waals surface area contributed by atoms with Gasteiger partial charge in [-0.3, -0.25) is 9.59 Å². The first kappa shape index (κ1) is 15.2. The minimum absolute atomic E-state index is 0.0246. The summed E-state index contributed by atoms with van der Waals surface area (Å²) in [5, 5.41) is 11.2. The molecule has 0 aromatic carbocycles. The van der Waals surface area contributed by atoms with Crippen LogP contribution in [0.1, 0.15) is 27.2 Å². The number of rotatable bonds is 5. The van der Waals surface area contributed by atoms with Crippen molar-refractivity contribution in [2.45, 2.75) is 32.7 Å². The molecule has 4 N–H and O–H groups in total. The Morgan fingerprint density at radius 2 is 1.82 bits per heavy atom. The minimum Gasteiger partial charge on any atom is -0.480 e. The van der Waals surface area contributed by atoms with Crippen LogP contribution in [0.15, 0.2) is 0 Å². The highest BCUT2D eigenvalue weighted by Gasteiger charge is 2.28. The molecule has 0 aromatic rings. The molecule has 7 heteroatoms. The van der Waals surface area contributed by atoms with Crippen molar-refractivity contribution < 1.29 is 19.5 Å². The van der Waals surface area contributed by atoms with Gasteiger partial charge in [-0.25, -0.2) is 4.79 Å². The van der Waals surface area contributed by atoms with Crippen LogP contribution >= 0.6 is 0 Å². The van der Waals surface area contributed by atoms with Gasteiger partial charge in [-0.2, -0.15) is 0 Å². The van der Waals surface area contributed by atoms with E-state index in [1.54, 1.807) is 20.8 Å². The van der Waals surface area contributed by atoms with Crippen LogP contribution in [0.5, 0.6) is 0 Å². The number of nitrogens with two attached hydrogens (primary N) is 1. The van der Waals surface area contributed by atoms with Gasteiger partial charge in [0.2, 0.25) is 5.91 Å².